The lowest BCUT2D eigenvalue weighted by Gasteiger charge is -2.19. The van der Waals surface area contributed by atoms with Crippen molar-refractivity contribution in [2.45, 2.75) is 26.2 Å². The summed E-state index contributed by atoms with van der Waals surface area (Å²) in [7, 11) is 2.08. The van der Waals surface area contributed by atoms with Crippen LogP contribution in [0.25, 0.3) is 10.8 Å². The van der Waals surface area contributed by atoms with E-state index in [1.165, 1.54) is 10.8 Å². The maximum Gasteiger partial charge on any atom is 0.158 e. The maximum absolute atomic E-state index is 5.69. The van der Waals surface area contributed by atoms with Gasteiger partial charge in [-0.1, -0.05) is 30.7 Å². The second kappa shape index (κ2) is 6.71. The Kier molecular flexibility index (Phi) is 4.97. The average molecular weight is 278 g/mol. The molecule has 0 aliphatic heterocycles. The largest absolute Gasteiger partial charge is 0.358 e. The molecule has 1 aromatic heterocycles. The Morgan fingerprint density at radius 2 is 1.79 bits per heavy atom. The van der Waals surface area contributed by atoms with Crippen molar-refractivity contribution in [1.29, 1.82) is 0 Å². The van der Waals surface area contributed by atoms with Crippen molar-refractivity contribution in [2.75, 3.05) is 24.4 Å². The molecule has 0 atom stereocenters. The van der Waals surface area contributed by atoms with Crippen LogP contribution in [0.5, 0.6) is 0 Å². The van der Waals surface area contributed by atoms with E-state index in [0.717, 1.165) is 43.2 Å². The number of halogens is 1. The number of unbranched alkanes of at least 4 members (excludes halogenated alkanes) is 2. The third-order valence-corrected chi connectivity index (χ3v) is 3.61. The predicted molar refractivity (Wildman–Crippen MR) is 82.1 cm³/mol. The molecule has 0 saturated heterocycles. The summed E-state index contributed by atoms with van der Waals surface area (Å²) in [6.45, 7) is 2.98. The van der Waals surface area contributed by atoms with Crippen molar-refractivity contribution in [3.63, 3.8) is 0 Å². The molecular formula is C15H20ClN3. The Morgan fingerprint density at radius 1 is 1.05 bits per heavy atom. The number of nitrogens with zero attached hydrogens (tertiary/aromatic N) is 3. The highest BCUT2D eigenvalue weighted by molar-refractivity contribution is 6.17. The normalized spacial score (nSPS) is 10.9. The number of fused-ring (bicyclic) bond motifs is 1. The molecule has 2 rings (SSSR count). The molecule has 0 N–H and O–H groups in total. The Balaban J connectivity index is 2.18. The van der Waals surface area contributed by atoms with Crippen molar-refractivity contribution >= 4 is 28.2 Å². The molecule has 19 heavy (non-hydrogen) atoms. The zero-order valence-electron chi connectivity index (χ0n) is 11.6. The van der Waals surface area contributed by atoms with Crippen LogP contribution in [0, 0.1) is 6.92 Å². The van der Waals surface area contributed by atoms with E-state index in [0.29, 0.717) is 0 Å². The first-order valence-electron chi connectivity index (χ1n) is 6.73. The van der Waals surface area contributed by atoms with Crippen molar-refractivity contribution in [3.8, 4) is 0 Å². The van der Waals surface area contributed by atoms with E-state index in [1.807, 2.05) is 19.1 Å². The smallest absolute Gasteiger partial charge is 0.158 e. The quantitative estimate of drug-likeness (QED) is 0.594. The van der Waals surface area contributed by atoms with Crippen molar-refractivity contribution < 1.29 is 0 Å². The first-order valence-corrected chi connectivity index (χ1v) is 7.26. The van der Waals surface area contributed by atoms with E-state index in [1.54, 1.807) is 0 Å². The number of hydrogen-bond acceptors (Lipinski definition) is 3. The number of benzene rings is 1. The molecule has 0 spiro atoms. The van der Waals surface area contributed by atoms with Gasteiger partial charge < -0.3 is 4.90 Å². The number of anilines is 1. The lowest BCUT2D eigenvalue weighted by atomic mass is 10.1. The molecule has 0 aliphatic rings. The second-order valence-corrected chi connectivity index (χ2v) is 5.20. The molecule has 0 saturated carbocycles. The number of rotatable bonds is 6. The van der Waals surface area contributed by atoms with Crippen LogP contribution in [-0.2, 0) is 0 Å². The molecule has 3 nitrogen and oxygen atoms in total. The highest BCUT2D eigenvalue weighted by Crippen LogP contribution is 2.24. The zero-order chi connectivity index (χ0) is 13.7. The third kappa shape index (κ3) is 3.35. The fraction of sp³-hybridized carbons (Fsp3) is 0.467. The van der Waals surface area contributed by atoms with E-state index in [9.17, 15) is 0 Å². The molecule has 0 amide bonds. The standard InChI is InChI=1S/C15H20ClN3/c1-12-13-8-4-5-9-14(13)15(18-17-12)19(2)11-7-3-6-10-16/h4-5,8-9H,3,6-7,10-11H2,1-2H3. The summed E-state index contributed by atoms with van der Waals surface area (Å²) < 4.78 is 0. The third-order valence-electron chi connectivity index (χ3n) is 3.34. The molecule has 0 bridgehead atoms. The van der Waals surface area contributed by atoms with Crippen molar-refractivity contribution in [1.82, 2.24) is 10.2 Å². The van der Waals surface area contributed by atoms with Gasteiger partial charge in [0.15, 0.2) is 5.82 Å². The van der Waals surface area contributed by atoms with Gasteiger partial charge in [0.05, 0.1) is 5.69 Å². The van der Waals surface area contributed by atoms with Gasteiger partial charge in [0, 0.05) is 30.2 Å². The molecule has 0 unspecified atom stereocenters. The molecule has 1 aromatic carbocycles. The average Bonchev–Trinajstić information content (AvgIpc) is 2.44. The summed E-state index contributed by atoms with van der Waals surface area (Å²) in [5, 5.41) is 11.0. The Hall–Kier alpha value is -1.35. The maximum atomic E-state index is 5.69. The van der Waals surface area contributed by atoms with Crippen molar-refractivity contribution in [3.05, 3.63) is 30.0 Å². The molecule has 102 valence electrons. The minimum atomic E-state index is 0.747. The van der Waals surface area contributed by atoms with E-state index < -0.39 is 0 Å². The lowest BCUT2D eigenvalue weighted by molar-refractivity contribution is 0.702. The van der Waals surface area contributed by atoms with E-state index in [2.05, 4.69) is 34.3 Å². The highest BCUT2D eigenvalue weighted by atomic mass is 35.5. The van der Waals surface area contributed by atoms with Crippen LogP contribution in [0.15, 0.2) is 24.3 Å². The number of aromatic nitrogens is 2. The highest BCUT2D eigenvalue weighted by Gasteiger charge is 2.09. The van der Waals surface area contributed by atoms with Gasteiger partial charge in [-0.15, -0.1) is 16.7 Å². The summed E-state index contributed by atoms with van der Waals surface area (Å²) >= 11 is 5.69. The van der Waals surface area contributed by atoms with Gasteiger partial charge in [-0.2, -0.15) is 5.10 Å². The van der Waals surface area contributed by atoms with Crippen LogP contribution in [0.3, 0.4) is 0 Å². The van der Waals surface area contributed by atoms with Gasteiger partial charge in [0.25, 0.3) is 0 Å². The summed E-state index contributed by atoms with van der Waals surface area (Å²) in [6.07, 6.45) is 3.37. The fourth-order valence-corrected chi connectivity index (χ4v) is 2.42. The van der Waals surface area contributed by atoms with E-state index in [4.69, 9.17) is 11.6 Å². The molecule has 0 aliphatic carbocycles. The zero-order valence-corrected chi connectivity index (χ0v) is 12.3. The predicted octanol–water partition coefficient (Wildman–Crippen LogP) is 3.78. The first kappa shape index (κ1) is 14.1. The molecule has 1 heterocycles. The van der Waals surface area contributed by atoms with Gasteiger partial charge in [0.2, 0.25) is 0 Å². The van der Waals surface area contributed by atoms with Crippen LogP contribution < -0.4 is 4.90 Å². The Morgan fingerprint density at radius 3 is 2.53 bits per heavy atom. The van der Waals surface area contributed by atoms with Gasteiger partial charge in [0.1, 0.15) is 0 Å². The van der Waals surface area contributed by atoms with Crippen LogP contribution in [0.1, 0.15) is 25.0 Å². The molecular weight excluding hydrogens is 258 g/mol. The van der Waals surface area contributed by atoms with Crippen molar-refractivity contribution in [2.24, 2.45) is 0 Å². The molecule has 4 heteroatoms. The van der Waals surface area contributed by atoms with Gasteiger partial charge >= 0.3 is 0 Å². The summed E-state index contributed by atoms with van der Waals surface area (Å²) in [5.41, 5.74) is 0.981. The molecule has 2 aromatic rings. The van der Waals surface area contributed by atoms with E-state index in [-0.39, 0.29) is 0 Å². The van der Waals surface area contributed by atoms with Gasteiger partial charge in [-0.05, 0) is 19.8 Å². The number of aryl methyl sites for hydroxylation is 1. The summed E-state index contributed by atoms with van der Waals surface area (Å²) in [6, 6.07) is 8.31. The summed E-state index contributed by atoms with van der Waals surface area (Å²) in [4.78, 5) is 2.18. The van der Waals surface area contributed by atoms with Crippen LogP contribution in [0.2, 0.25) is 0 Å². The van der Waals surface area contributed by atoms with Gasteiger partial charge in [-0.3, -0.25) is 0 Å². The first-order chi connectivity index (χ1) is 9.24. The minimum Gasteiger partial charge on any atom is -0.358 e. The Bertz CT molecular complexity index is 542. The second-order valence-electron chi connectivity index (χ2n) is 4.83. The van der Waals surface area contributed by atoms with E-state index >= 15 is 0 Å². The number of alkyl halides is 1. The minimum absolute atomic E-state index is 0.747. The topological polar surface area (TPSA) is 29.0 Å². The van der Waals surface area contributed by atoms with Crippen LogP contribution in [0.4, 0.5) is 5.82 Å². The SMILES string of the molecule is Cc1nnc(N(C)CCCCCCl)c2ccccc12. The monoisotopic (exact) mass is 277 g/mol. The van der Waals surface area contributed by atoms with Crippen LogP contribution >= 0.6 is 11.6 Å². The lowest BCUT2D eigenvalue weighted by Crippen LogP contribution is -2.20. The number of hydrogen-bond donors (Lipinski definition) is 0. The molecule has 0 fully saturated rings. The fourth-order valence-electron chi connectivity index (χ4n) is 2.23. The van der Waals surface area contributed by atoms with Crippen LogP contribution in [-0.4, -0.2) is 29.7 Å². The summed E-state index contributed by atoms with van der Waals surface area (Å²) in [5.74, 6) is 1.71. The Labute approximate surface area is 119 Å². The van der Waals surface area contributed by atoms with Gasteiger partial charge in [-0.25, -0.2) is 0 Å². The molecule has 0 radical (unpaired) electrons.